The van der Waals surface area contributed by atoms with Crippen LogP contribution in [0.15, 0.2) is 67.0 Å². The van der Waals surface area contributed by atoms with E-state index >= 15 is 0 Å². The number of rotatable bonds is 6. The Morgan fingerprint density at radius 3 is 2.52 bits per heavy atom. The third-order valence-corrected chi connectivity index (χ3v) is 4.30. The molecule has 0 spiro atoms. The Morgan fingerprint density at radius 1 is 1.08 bits per heavy atom. The van der Waals surface area contributed by atoms with Crippen molar-refractivity contribution in [3.8, 4) is 5.69 Å². The van der Waals surface area contributed by atoms with Crippen molar-refractivity contribution in [2.75, 3.05) is 7.05 Å². The van der Waals surface area contributed by atoms with E-state index in [4.69, 9.17) is 11.6 Å². The molecule has 25 heavy (non-hydrogen) atoms. The number of carbonyl (C=O) groups excluding carboxylic acids is 1. The Hall–Kier alpha value is -2.59. The zero-order valence-electron chi connectivity index (χ0n) is 14.1. The summed E-state index contributed by atoms with van der Waals surface area (Å²) < 4.78 is 1.82. The van der Waals surface area contributed by atoms with E-state index < -0.39 is 0 Å². The van der Waals surface area contributed by atoms with Crippen molar-refractivity contribution in [2.24, 2.45) is 0 Å². The number of carbonyl (C=O) groups is 1. The van der Waals surface area contributed by atoms with Crippen LogP contribution < -0.4 is 0 Å². The molecule has 0 aliphatic rings. The van der Waals surface area contributed by atoms with Gasteiger partial charge in [-0.2, -0.15) is 5.10 Å². The van der Waals surface area contributed by atoms with Crippen LogP contribution in [-0.2, 0) is 17.8 Å². The van der Waals surface area contributed by atoms with Crippen molar-refractivity contribution in [2.45, 2.75) is 19.4 Å². The highest BCUT2D eigenvalue weighted by Crippen LogP contribution is 2.13. The molecule has 3 aromatic rings. The Kier molecular flexibility index (Phi) is 5.51. The van der Waals surface area contributed by atoms with Crippen molar-refractivity contribution in [1.29, 1.82) is 0 Å². The van der Waals surface area contributed by atoms with Crippen LogP contribution in [0.3, 0.4) is 0 Å². The average molecular weight is 354 g/mol. The maximum Gasteiger partial charge on any atom is 0.222 e. The van der Waals surface area contributed by atoms with Gasteiger partial charge in [-0.3, -0.25) is 4.79 Å². The Labute approximate surface area is 152 Å². The molecule has 5 heteroatoms. The zero-order chi connectivity index (χ0) is 17.6. The second kappa shape index (κ2) is 7.99. The minimum Gasteiger partial charge on any atom is -0.341 e. The van der Waals surface area contributed by atoms with Gasteiger partial charge in [0.2, 0.25) is 5.91 Å². The summed E-state index contributed by atoms with van der Waals surface area (Å²) in [4.78, 5) is 14.1. The van der Waals surface area contributed by atoms with E-state index in [2.05, 4.69) is 5.10 Å². The van der Waals surface area contributed by atoms with Crippen LogP contribution >= 0.6 is 11.6 Å². The number of aromatic nitrogens is 2. The standard InChI is InChI=1S/C20H20ClN3O/c1-23(20(25)12-9-16-7-10-18(21)11-8-16)14-17-13-22-24(15-17)19-5-3-2-4-6-19/h2-8,10-11,13,15H,9,12,14H2,1H3. The molecule has 0 aliphatic carbocycles. The highest BCUT2D eigenvalue weighted by molar-refractivity contribution is 6.30. The summed E-state index contributed by atoms with van der Waals surface area (Å²) in [6.45, 7) is 0.548. The first kappa shape index (κ1) is 17.2. The molecule has 4 nitrogen and oxygen atoms in total. The fourth-order valence-corrected chi connectivity index (χ4v) is 2.74. The van der Waals surface area contributed by atoms with Gasteiger partial charge in [0.25, 0.3) is 0 Å². The summed E-state index contributed by atoms with van der Waals surface area (Å²) in [5.41, 5.74) is 3.12. The van der Waals surface area contributed by atoms with Crippen molar-refractivity contribution < 1.29 is 4.79 Å². The largest absolute Gasteiger partial charge is 0.341 e. The molecule has 0 unspecified atom stereocenters. The van der Waals surface area contributed by atoms with Crippen LogP contribution in [0.25, 0.3) is 5.69 Å². The summed E-state index contributed by atoms with van der Waals surface area (Å²) in [6.07, 6.45) is 4.95. The normalized spacial score (nSPS) is 10.6. The van der Waals surface area contributed by atoms with Gasteiger partial charge in [-0.1, -0.05) is 41.9 Å². The van der Waals surface area contributed by atoms with Gasteiger partial charge in [-0.15, -0.1) is 0 Å². The number of halogens is 1. The van der Waals surface area contributed by atoms with E-state index in [1.54, 1.807) is 11.1 Å². The summed E-state index contributed by atoms with van der Waals surface area (Å²) in [5.74, 6) is 0.113. The summed E-state index contributed by atoms with van der Waals surface area (Å²) >= 11 is 5.88. The molecule has 2 aromatic carbocycles. The molecule has 1 heterocycles. The van der Waals surface area contributed by atoms with Gasteiger partial charge in [0, 0.05) is 36.8 Å². The van der Waals surface area contributed by atoms with E-state index in [9.17, 15) is 4.79 Å². The van der Waals surface area contributed by atoms with E-state index in [1.807, 2.05) is 72.5 Å². The lowest BCUT2D eigenvalue weighted by molar-refractivity contribution is -0.130. The third kappa shape index (κ3) is 4.70. The van der Waals surface area contributed by atoms with Crippen LogP contribution in [0, 0.1) is 0 Å². The lowest BCUT2D eigenvalue weighted by Crippen LogP contribution is -2.26. The van der Waals surface area contributed by atoms with Crippen molar-refractivity contribution in [3.63, 3.8) is 0 Å². The fraction of sp³-hybridized carbons (Fsp3) is 0.200. The summed E-state index contributed by atoms with van der Waals surface area (Å²) in [7, 11) is 1.82. The van der Waals surface area contributed by atoms with Gasteiger partial charge < -0.3 is 4.90 Å². The Morgan fingerprint density at radius 2 is 1.80 bits per heavy atom. The Balaban J connectivity index is 1.54. The van der Waals surface area contributed by atoms with Crippen molar-refractivity contribution in [3.05, 3.63) is 83.1 Å². The first-order chi connectivity index (χ1) is 12.1. The highest BCUT2D eigenvalue weighted by atomic mass is 35.5. The maximum atomic E-state index is 12.3. The fourth-order valence-electron chi connectivity index (χ4n) is 2.62. The number of hydrogen-bond donors (Lipinski definition) is 0. The topological polar surface area (TPSA) is 38.1 Å². The van der Waals surface area contributed by atoms with Crippen LogP contribution in [-0.4, -0.2) is 27.6 Å². The smallest absolute Gasteiger partial charge is 0.222 e. The van der Waals surface area contributed by atoms with Gasteiger partial charge in [0.15, 0.2) is 0 Å². The van der Waals surface area contributed by atoms with Crippen molar-refractivity contribution >= 4 is 17.5 Å². The lowest BCUT2D eigenvalue weighted by atomic mass is 10.1. The van der Waals surface area contributed by atoms with Crippen LogP contribution in [0.2, 0.25) is 5.02 Å². The predicted molar refractivity (Wildman–Crippen MR) is 99.8 cm³/mol. The number of benzene rings is 2. The van der Waals surface area contributed by atoms with Crippen molar-refractivity contribution in [1.82, 2.24) is 14.7 Å². The van der Waals surface area contributed by atoms with Gasteiger partial charge in [-0.05, 0) is 36.2 Å². The average Bonchev–Trinajstić information content (AvgIpc) is 3.10. The molecular formula is C20H20ClN3O. The molecule has 0 N–H and O–H groups in total. The molecule has 3 rings (SSSR count). The third-order valence-electron chi connectivity index (χ3n) is 4.04. The molecule has 0 saturated heterocycles. The zero-order valence-corrected chi connectivity index (χ0v) is 14.9. The monoisotopic (exact) mass is 353 g/mol. The van der Waals surface area contributed by atoms with E-state index in [0.29, 0.717) is 24.4 Å². The number of aryl methyl sites for hydroxylation is 1. The SMILES string of the molecule is CN(Cc1cnn(-c2ccccc2)c1)C(=O)CCc1ccc(Cl)cc1. The molecule has 0 radical (unpaired) electrons. The second-order valence-corrected chi connectivity index (χ2v) is 6.44. The molecule has 1 amide bonds. The molecule has 0 aliphatic heterocycles. The van der Waals surface area contributed by atoms with Gasteiger partial charge in [0.1, 0.15) is 0 Å². The van der Waals surface area contributed by atoms with Crippen LogP contribution in [0.5, 0.6) is 0 Å². The lowest BCUT2D eigenvalue weighted by Gasteiger charge is -2.16. The molecule has 0 atom stereocenters. The minimum absolute atomic E-state index is 0.113. The summed E-state index contributed by atoms with van der Waals surface area (Å²) in [5, 5.41) is 5.08. The molecule has 128 valence electrons. The Bertz CT molecular complexity index is 828. The number of amides is 1. The van der Waals surface area contributed by atoms with Gasteiger partial charge >= 0.3 is 0 Å². The predicted octanol–water partition coefficient (Wildman–Crippen LogP) is 4.12. The van der Waals surface area contributed by atoms with E-state index in [1.165, 1.54) is 0 Å². The van der Waals surface area contributed by atoms with Gasteiger partial charge in [0.05, 0.1) is 11.9 Å². The van der Waals surface area contributed by atoms with Gasteiger partial charge in [-0.25, -0.2) is 4.68 Å². The number of hydrogen-bond acceptors (Lipinski definition) is 2. The number of para-hydroxylation sites is 1. The quantitative estimate of drug-likeness (QED) is 0.668. The molecule has 0 saturated carbocycles. The second-order valence-electron chi connectivity index (χ2n) is 6.00. The van der Waals surface area contributed by atoms with Crippen LogP contribution in [0.1, 0.15) is 17.5 Å². The summed E-state index contributed by atoms with van der Waals surface area (Å²) in [6, 6.07) is 17.5. The maximum absolute atomic E-state index is 12.3. The first-order valence-corrected chi connectivity index (χ1v) is 8.57. The highest BCUT2D eigenvalue weighted by Gasteiger charge is 2.11. The molecular weight excluding hydrogens is 334 g/mol. The van der Waals surface area contributed by atoms with E-state index in [-0.39, 0.29) is 5.91 Å². The minimum atomic E-state index is 0.113. The molecule has 0 fully saturated rings. The molecule has 1 aromatic heterocycles. The number of nitrogens with zero attached hydrogens (tertiary/aromatic N) is 3. The van der Waals surface area contributed by atoms with E-state index in [0.717, 1.165) is 16.8 Å². The first-order valence-electron chi connectivity index (χ1n) is 8.19. The molecule has 0 bridgehead atoms. The van der Waals surface area contributed by atoms with Crippen LogP contribution in [0.4, 0.5) is 0 Å².